The van der Waals surface area contributed by atoms with Gasteiger partial charge in [0, 0.05) is 60.1 Å². The van der Waals surface area contributed by atoms with Gasteiger partial charge < -0.3 is 13.4 Å². The van der Waals surface area contributed by atoms with Crippen molar-refractivity contribution in [2.24, 2.45) is 0 Å². The second kappa shape index (κ2) is 15.3. The fourth-order valence-corrected chi connectivity index (χ4v) is 11.6. The Balaban J connectivity index is 0.893. The quantitative estimate of drug-likeness (QED) is 0.167. The maximum atomic E-state index is 6.20. The van der Waals surface area contributed by atoms with Gasteiger partial charge in [-0.15, -0.1) is 0 Å². The van der Waals surface area contributed by atoms with E-state index >= 15 is 0 Å². The molecule has 0 N–H and O–H groups in total. The van der Waals surface area contributed by atoms with Crippen molar-refractivity contribution in [1.29, 1.82) is 0 Å². The summed E-state index contributed by atoms with van der Waals surface area (Å²) < 4.78 is 14.8. The van der Waals surface area contributed by atoms with Gasteiger partial charge in [-0.3, -0.25) is 0 Å². The van der Waals surface area contributed by atoms with Crippen LogP contribution in [0, 0.1) is 0 Å². The molecule has 5 nitrogen and oxygen atoms in total. The minimum absolute atomic E-state index is 0.136. The zero-order valence-electron chi connectivity index (χ0n) is 39.5. The lowest BCUT2D eigenvalue weighted by Gasteiger charge is -2.21. The number of aromatic nitrogens is 3. The maximum absolute atomic E-state index is 6.20. The predicted octanol–water partition coefficient (Wildman–Crippen LogP) is 18.0. The summed E-state index contributed by atoms with van der Waals surface area (Å²) in [5, 5.41) is 6.88. The summed E-state index contributed by atoms with van der Waals surface area (Å²) >= 11 is 0. The number of benzene rings is 10. The lowest BCUT2D eigenvalue weighted by molar-refractivity contribution is 0.661. The zero-order chi connectivity index (χ0) is 47.7. The first-order valence-corrected chi connectivity index (χ1v) is 24.6. The fourth-order valence-electron chi connectivity index (χ4n) is 11.6. The molecule has 0 spiro atoms. The first-order valence-electron chi connectivity index (χ1n) is 24.6. The number of rotatable bonds is 6. The molecule has 1 aliphatic rings. The number of hydrogen-bond acceptors (Lipinski definition) is 4. The fraction of sp³-hybridized carbons (Fsp3) is 0.0448. The smallest absolute Gasteiger partial charge is 0.160 e. The van der Waals surface area contributed by atoms with Gasteiger partial charge in [0.15, 0.2) is 5.82 Å². The highest BCUT2D eigenvalue weighted by Gasteiger charge is 2.36. The molecule has 4 heterocycles. The molecule has 0 aliphatic heterocycles. The molecule has 15 rings (SSSR count). The lowest BCUT2D eigenvalue weighted by Crippen LogP contribution is -2.14. The van der Waals surface area contributed by atoms with Gasteiger partial charge >= 0.3 is 0 Å². The van der Waals surface area contributed by atoms with Crippen molar-refractivity contribution >= 4 is 65.7 Å². The van der Waals surface area contributed by atoms with Crippen LogP contribution in [0.1, 0.15) is 25.0 Å². The summed E-state index contributed by atoms with van der Waals surface area (Å²) in [5.41, 5.74) is 21.1. The van der Waals surface area contributed by atoms with Gasteiger partial charge in [0.05, 0.1) is 22.4 Å². The van der Waals surface area contributed by atoms with Gasteiger partial charge in [-0.05, 0) is 129 Å². The van der Waals surface area contributed by atoms with Crippen LogP contribution in [0.4, 0.5) is 0 Å². The third kappa shape index (κ3) is 6.20. The maximum Gasteiger partial charge on any atom is 0.160 e. The van der Waals surface area contributed by atoms with Crippen molar-refractivity contribution in [1.82, 2.24) is 14.5 Å². The van der Waals surface area contributed by atoms with Crippen LogP contribution >= 0.6 is 0 Å². The molecule has 338 valence electrons. The first kappa shape index (κ1) is 40.6. The van der Waals surface area contributed by atoms with Crippen LogP contribution in [0.5, 0.6) is 0 Å². The van der Waals surface area contributed by atoms with Crippen molar-refractivity contribution in [3.63, 3.8) is 0 Å². The molecule has 0 atom stereocenters. The lowest BCUT2D eigenvalue weighted by atomic mass is 9.82. The molecule has 10 aromatic carbocycles. The molecule has 72 heavy (non-hydrogen) atoms. The van der Waals surface area contributed by atoms with Crippen LogP contribution in [0.15, 0.2) is 233 Å². The van der Waals surface area contributed by atoms with E-state index < -0.39 is 0 Å². The molecule has 0 radical (unpaired) electrons. The predicted molar refractivity (Wildman–Crippen MR) is 296 cm³/mol. The Morgan fingerprint density at radius 1 is 0.333 bits per heavy atom. The number of furan rings is 2. The van der Waals surface area contributed by atoms with E-state index in [-0.39, 0.29) is 5.41 Å². The number of hydrogen-bond donors (Lipinski definition) is 0. The molecule has 0 fully saturated rings. The van der Waals surface area contributed by atoms with Crippen molar-refractivity contribution < 1.29 is 8.83 Å². The molecule has 1 aliphatic carbocycles. The monoisotopic (exact) mass is 921 g/mol. The summed E-state index contributed by atoms with van der Waals surface area (Å²) in [6, 6.07) is 80.2. The number of fused-ring (bicyclic) bond motifs is 12. The summed E-state index contributed by atoms with van der Waals surface area (Å²) in [7, 11) is 0. The Hall–Kier alpha value is -9.32. The van der Waals surface area contributed by atoms with E-state index in [1.54, 1.807) is 0 Å². The minimum atomic E-state index is -0.136. The van der Waals surface area contributed by atoms with Crippen LogP contribution in [0.25, 0.3) is 139 Å². The zero-order valence-corrected chi connectivity index (χ0v) is 39.5. The number of para-hydroxylation sites is 3. The van der Waals surface area contributed by atoms with Gasteiger partial charge in [-0.25, -0.2) is 9.97 Å². The Morgan fingerprint density at radius 2 is 0.861 bits per heavy atom. The summed E-state index contributed by atoms with van der Waals surface area (Å²) in [5.74, 6) is 0.649. The highest BCUT2D eigenvalue weighted by atomic mass is 16.3. The van der Waals surface area contributed by atoms with Gasteiger partial charge in [0.2, 0.25) is 0 Å². The Kier molecular flexibility index (Phi) is 8.64. The van der Waals surface area contributed by atoms with E-state index in [0.717, 1.165) is 105 Å². The molecule has 4 aromatic heterocycles. The SMILES string of the molecule is CC1(C)c2ccccc2-c2cc3c4ccccc4n(-c4cccc(-c5nc(-c6cccc(-c7ccc8oc9ccccc9c8c7)c6)cc(-c6cccc(-c7ccc8oc9ccccc9c8c7)c6)n5)c4)c3cc21. The van der Waals surface area contributed by atoms with E-state index in [1.165, 1.54) is 38.5 Å². The Bertz CT molecular complexity index is 4390. The minimum Gasteiger partial charge on any atom is -0.456 e. The molecule has 14 aromatic rings. The third-order valence-corrected chi connectivity index (χ3v) is 15.2. The van der Waals surface area contributed by atoms with Gasteiger partial charge in [0.1, 0.15) is 22.3 Å². The van der Waals surface area contributed by atoms with E-state index in [2.05, 4.69) is 219 Å². The normalized spacial score (nSPS) is 13.0. The highest BCUT2D eigenvalue weighted by Crippen LogP contribution is 2.51. The van der Waals surface area contributed by atoms with E-state index in [9.17, 15) is 0 Å². The van der Waals surface area contributed by atoms with Crippen molar-refractivity contribution in [3.05, 3.63) is 236 Å². The molecule has 5 heteroatoms. The molecule has 0 unspecified atom stereocenters. The van der Waals surface area contributed by atoms with E-state index in [0.29, 0.717) is 5.82 Å². The summed E-state index contributed by atoms with van der Waals surface area (Å²) in [6.07, 6.45) is 0. The summed E-state index contributed by atoms with van der Waals surface area (Å²) in [4.78, 5) is 10.9. The Labute approximate surface area is 414 Å². The second-order valence-corrected chi connectivity index (χ2v) is 19.7. The third-order valence-electron chi connectivity index (χ3n) is 15.2. The summed E-state index contributed by atoms with van der Waals surface area (Å²) in [6.45, 7) is 4.70. The van der Waals surface area contributed by atoms with Crippen molar-refractivity contribution in [2.45, 2.75) is 19.3 Å². The van der Waals surface area contributed by atoms with Crippen molar-refractivity contribution in [3.8, 4) is 73.0 Å². The molecular formula is C67H43N3O2. The molecular weight excluding hydrogens is 879 g/mol. The van der Waals surface area contributed by atoms with Crippen LogP contribution in [-0.2, 0) is 5.41 Å². The van der Waals surface area contributed by atoms with Crippen LogP contribution in [-0.4, -0.2) is 14.5 Å². The second-order valence-electron chi connectivity index (χ2n) is 19.7. The van der Waals surface area contributed by atoms with Gasteiger partial charge in [-0.1, -0.05) is 153 Å². The van der Waals surface area contributed by atoms with E-state index in [4.69, 9.17) is 18.8 Å². The van der Waals surface area contributed by atoms with Crippen LogP contribution in [0.3, 0.4) is 0 Å². The number of nitrogens with zero attached hydrogens (tertiary/aromatic N) is 3. The molecule has 0 saturated carbocycles. The first-order chi connectivity index (χ1) is 35.4. The highest BCUT2D eigenvalue weighted by molar-refractivity contribution is 6.12. The van der Waals surface area contributed by atoms with Gasteiger partial charge in [0.25, 0.3) is 0 Å². The standard InChI is InChI=1S/C67H43N3O2/c1-67(2)56-24-7-3-20-48(56)52-37-53-49-21-4-8-25-60(49)70(61(53)38-57(52)67)47-19-13-18-46(34-47)66-68-58(44-16-11-14-40(32-44)42-28-30-64-54(35-42)50-22-5-9-26-62(50)71-64)39-59(69-66)45-17-12-15-41(33-45)43-29-31-65-55(36-43)51-23-6-10-27-63(51)72-65/h3-39H,1-2H3. The van der Waals surface area contributed by atoms with Crippen LogP contribution in [0.2, 0.25) is 0 Å². The topological polar surface area (TPSA) is 57.0 Å². The van der Waals surface area contributed by atoms with E-state index in [1.807, 2.05) is 24.3 Å². The van der Waals surface area contributed by atoms with Gasteiger partial charge in [-0.2, -0.15) is 0 Å². The average Bonchev–Trinajstić information content (AvgIpc) is 4.16. The average molecular weight is 922 g/mol. The largest absolute Gasteiger partial charge is 0.456 e. The van der Waals surface area contributed by atoms with Crippen molar-refractivity contribution in [2.75, 3.05) is 0 Å². The van der Waals surface area contributed by atoms with Crippen LogP contribution < -0.4 is 0 Å². The Morgan fingerprint density at radius 3 is 1.53 bits per heavy atom. The molecule has 0 amide bonds. The molecule has 0 bridgehead atoms. The molecule has 0 saturated heterocycles.